The third-order valence-electron chi connectivity index (χ3n) is 5.53. The van der Waals surface area contributed by atoms with Gasteiger partial charge in [-0.15, -0.1) is 0 Å². The summed E-state index contributed by atoms with van der Waals surface area (Å²) in [5.41, 5.74) is -0.0227. The van der Waals surface area contributed by atoms with Gasteiger partial charge in [0.05, 0.1) is 10.6 Å². The second-order valence-corrected chi connectivity index (χ2v) is 10.8. The number of hydrogen-bond acceptors (Lipinski definition) is 5. The average Bonchev–Trinajstić information content (AvgIpc) is 2.90. The predicted molar refractivity (Wildman–Crippen MR) is 117 cm³/mol. The monoisotopic (exact) mass is 445 g/mol. The van der Waals surface area contributed by atoms with Crippen LogP contribution in [0, 0.1) is 0 Å². The normalized spacial score (nSPS) is 18.3. The molecular formula is C22H27N3O5S. The van der Waals surface area contributed by atoms with E-state index in [0.717, 1.165) is 5.39 Å². The minimum atomic E-state index is -3.76. The van der Waals surface area contributed by atoms with Crippen molar-refractivity contribution in [3.05, 3.63) is 36.4 Å². The SMILES string of the molecule is CC(C)(C)OC(=O)NC1CCN(C(=O)CN2c3cccc4cccc(c34)S2(=O)=O)CC1. The van der Waals surface area contributed by atoms with Crippen LogP contribution < -0.4 is 9.62 Å². The number of carbonyl (C=O) groups is 2. The first-order valence-electron chi connectivity index (χ1n) is 10.4. The molecule has 0 spiro atoms. The molecule has 2 heterocycles. The molecule has 0 aromatic heterocycles. The summed E-state index contributed by atoms with van der Waals surface area (Å²) in [7, 11) is -3.76. The van der Waals surface area contributed by atoms with E-state index < -0.39 is 21.7 Å². The molecular weight excluding hydrogens is 418 g/mol. The molecule has 0 aliphatic carbocycles. The molecule has 0 bridgehead atoms. The zero-order chi connectivity index (χ0) is 22.4. The Morgan fingerprint density at radius 3 is 2.39 bits per heavy atom. The van der Waals surface area contributed by atoms with Gasteiger partial charge in [-0.1, -0.05) is 24.3 Å². The van der Waals surface area contributed by atoms with Crippen molar-refractivity contribution < 1.29 is 22.7 Å². The Bertz CT molecular complexity index is 1130. The molecule has 0 saturated carbocycles. The highest BCUT2D eigenvalue weighted by Crippen LogP contribution is 2.41. The number of alkyl carbamates (subject to hydrolysis) is 1. The molecule has 2 aromatic carbocycles. The van der Waals surface area contributed by atoms with E-state index in [9.17, 15) is 18.0 Å². The number of nitrogens with one attached hydrogen (secondary N) is 1. The number of nitrogens with zero attached hydrogens (tertiary/aromatic N) is 2. The summed E-state index contributed by atoms with van der Waals surface area (Å²) in [6.45, 7) is 6.08. The molecule has 2 amide bonds. The number of hydrogen-bond donors (Lipinski definition) is 1. The van der Waals surface area contributed by atoms with Crippen molar-refractivity contribution in [2.45, 2.75) is 50.2 Å². The second-order valence-electron chi connectivity index (χ2n) is 8.94. The summed E-state index contributed by atoms with van der Waals surface area (Å²) in [6, 6.07) is 10.5. The number of amides is 2. The zero-order valence-electron chi connectivity index (χ0n) is 17.9. The van der Waals surface area contributed by atoms with Gasteiger partial charge in [0.2, 0.25) is 5.91 Å². The van der Waals surface area contributed by atoms with Gasteiger partial charge in [0.15, 0.2) is 0 Å². The maximum atomic E-state index is 13.1. The van der Waals surface area contributed by atoms with Crippen molar-refractivity contribution >= 4 is 38.5 Å². The van der Waals surface area contributed by atoms with E-state index in [1.165, 1.54) is 4.31 Å². The smallest absolute Gasteiger partial charge is 0.407 e. The third-order valence-corrected chi connectivity index (χ3v) is 7.33. The summed E-state index contributed by atoms with van der Waals surface area (Å²) in [4.78, 5) is 26.8. The summed E-state index contributed by atoms with van der Waals surface area (Å²) in [5.74, 6) is -0.246. The average molecular weight is 446 g/mol. The first-order valence-corrected chi connectivity index (χ1v) is 11.8. The highest BCUT2D eigenvalue weighted by atomic mass is 32.2. The van der Waals surface area contributed by atoms with Crippen molar-refractivity contribution in [2.24, 2.45) is 0 Å². The van der Waals surface area contributed by atoms with E-state index in [4.69, 9.17) is 4.74 Å². The van der Waals surface area contributed by atoms with E-state index in [2.05, 4.69) is 5.32 Å². The molecule has 2 aliphatic heterocycles. The summed E-state index contributed by atoms with van der Waals surface area (Å²) in [5, 5.41) is 4.34. The molecule has 0 atom stereocenters. The fourth-order valence-electron chi connectivity index (χ4n) is 4.10. The Hall–Kier alpha value is -2.81. The van der Waals surface area contributed by atoms with Gasteiger partial charge >= 0.3 is 6.09 Å². The van der Waals surface area contributed by atoms with E-state index in [0.29, 0.717) is 37.0 Å². The van der Waals surface area contributed by atoms with Crippen LogP contribution in [0.15, 0.2) is 41.3 Å². The quantitative estimate of drug-likeness (QED) is 0.784. The van der Waals surface area contributed by atoms with Crippen LogP contribution in [-0.4, -0.2) is 56.6 Å². The van der Waals surface area contributed by atoms with Crippen molar-refractivity contribution in [1.29, 1.82) is 0 Å². The first kappa shape index (κ1) is 21.4. The maximum absolute atomic E-state index is 13.1. The van der Waals surface area contributed by atoms with Crippen LogP contribution in [0.3, 0.4) is 0 Å². The molecule has 1 N–H and O–H groups in total. The van der Waals surface area contributed by atoms with Gasteiger partial charge in [0.1, 0.15) is 12.1 Å². The summed E-state index contributed by atoms with van der Waals surface area (Å²) >= 11 is 0. The van der Waals surface area contributed by atoms with Crippen molar-refractivity contribution in [2.75, 3.05) is 23.9 Å². The number of anilines is 1. The molecule has 1 saturated heterocycles. The summed E-state index contributed by atoms with van der Waals surface area (Å²) < 4.78 is 32.6. The minimum absolute atomic E-state index is 0.0765. The first-order chi connectivity index (χ1) is 14.6. The number of sulfonamides is 1. The Balaban J connectivity index is 1.40. The van der Waals surface area contributed by atoms with Crippen molar-refractivity contribution in [1.82, 2.24) is 10.2 Å². The number of likely N-dealkylation sites (tertiary alicyclic amines) is 1. The lowest BCUT2D eigenvalue weighted by atomic mass is 10.1. The number of ether oxygens (including phenoxy) is 1. The van der Waals surface area contributed by atoms with Crippen LogP contribution in [0.1, 0.15) is 33.6 Å². The minimum Gasteiger partial charge on any atom is -0.444 e. The van der Waals surface area contributed by atoms with Crippen LogP contribution in [0.25, 0.3) is 10.8 Å². The lowest BCUT2D eigenvalue weighted by Crippen LogP contribution is -2.50. The maximum Gasteiger partial charge on any atom is 0.407 e. The van der Waals surface area contributed by atoms with Gasteiger partial charge in [-0.3, -0.25) is 9.10 Å². The molecule has 31 heavy (non-hydrogen) atoms. The van der Waals surface area contributed by atoms with Gasteiger partial charge in [0.25, 0.3) is 10.0 Å². The molecule has 4 rings (SSSR count). The van der Waals surface area contributed by atoms with Crippen LogP contribution in [0.5, 0.6) is 0 Å². The molecule has 9 heteroatoms. The number of carbonyl (C=O) groups excluding carboxylic acids is 2. The van der Waals surface area contributed by atoms with Crippen LogP contribution >= 0.6 is 0 Å². The van der Waals surface area contributed by atoms with Gasteiger partial charge in [-0.25, -0.2) is 13.2 Å². The Labute approximate surface area is 182 Å². The lowest BCUT2D eigenvalue weighted by molar-refractivity contribution is -0.130. The topological polar surface area (TPSA) is 96.0 Å². The van der Waals surface area contributed by atoms with Gasteiger partial charge < -0.3 is 15.0 Å². The number of rotatable bonds is 3. The Morgan fingerprint density at radius 1 is 1.10 bits per heavy atom. The van der Waals surface area contributed by atoms with E-state index in [1.807, 2.05) is 12.1 Å². The highest BCUT2D eigenvalue weighted by Gasteiger charge is 2.38. The second kappa shape index (κ2) is 7.71. The van der Waals surface area contributed by atoms with Gasteiger partial charge in [-0.05, 0) is 51.1 Å². The lowest BCUT2D eigenvalue weighted by Gasteiger charge is -2.33. The largest absolute Gasteiger partial charge is 0.444 e. The Kier molecular flexibility index (Phi) is 5.33. The number of benzene rings is 2. The van der Waals surface area contributed by atoms with Crippen LogP contribution in [0.4, 0.5) is 10.5 Å². The van der Waals surface area contributed by atoms with Crippen LogP contribution in [0.2, 0.25) is 0 Å². The molecule has 8 nitrogen and oxygen atoms in total. The molecule has 1 fully saturated rings. The van der Waals surface area contributed by atoms with Crippen LogP contribution in [-0.2, 0) is 19.6 Å². The van der Waals surface area contributed by atoms with Gasteiger partial charge in [-0.2, -0.15) is 0 Å². The molecule has 0 radical (unpaired) electrons. The van der Waals surface area contributed by atoms with Gasteiger partial charge in [0, 0.05) is 24.5 Å². The van der Waals surface area contributed by atoms with E-state index in [1.54, 1.807) is 49.9 Å². The molecule has 2 aromatic rings. The fraction of sp³-hybridized carbons (Fsp3) is 0.455. The van der Waals surface area contributed by atoms with E-state index in [-0.39, 0.29) is 23.4 Å². The standard InChI is InChI=1S/C22H27N3O5S/c1-22(2,3)30-21(27)23-16-10-12-24(13-11-16)19(26)14-25-17-8-4-6-15-7-5-9-18(20(15)17)31(25,28)29/h4-9,16H,10-14H2,1-3H3,(H,23,27). The number of piperidine rings is 1. The third kappa shape index (κ3) is 4.19. The molecule has 166 valence electrons. The predicted octanol–water partition coefficient (Wildman–Crippen LogP) is 2.86. The van der Waals surface area contributed by atoms with Crippen molar-refractivity contribution in [3.63, 3.8) is 0 Å². The van der Waals surface area contributed by atoms with Crippen molar-refractivity contribution in [3.8, 4) is 0 Å². The molecule has 2 aliphatic rings. The molecule has 0 unspecified atom stereocenters. The Morgan fingerprint density at radius 2 is 1.74 bits per heavy atom. The highest BCUT2D eigenvalue weighted by molar-refractivity contribution is 7.93. The summed E-state index contributed by atoms with van der Waals surface area (Å²) in [6.07, 6.45) is 0.715. The zero-order valence-corrected chi connectivity index (χ0v) is 18.7. The fourth-order valence-corrected chi connectivity index (χ4v) is 5.76. The van der Waals surface area contributed by atoms with E-state index >= 15 is 0 Å².